The fraction of sp³-hybridized carbons (Fsp3) is 0.318. The van der Waals surface area contributed by atoms with Gasteiger partial charge < -0.3 is 10.1 Å². The Morgan fingerprint density at radius 3 is 2.20 bits per heavy atom. The lowest BCUT2D eigenvalue weighted by Gasteiger charge is -2.36. The maximum absolute atomic E-state index is 11.5. The van der Waals surface area contributed by atoms with Crippen molar-refractivity contribution in [2.24, 2.45) is 0 Å². The lowest BCUT2D eigenvalue weighted by atomic mass is 9.68. The number of alkyl carbamates (subject to hydrolysis) is 1. The van der Waals surface area contributed by atoms with E-state index in [0.29, 0.717) is 6.61 Å². The summed E-state index contributed by atoms with van der Waals surface area (Å²) in [5, 5.41) is 2.52. The van der Waals surface area contributed by atoms with Crippen LogP contribution in [0.4, 0.5) is 4.79 Å². The van der Waals surface area contributed by atoms with Gasteiger partial charge in [-0.05, 0) is 47.9 Å². The van der Waals surface area contributed by atoms with Crippen molar-refractivity contribution < 1.29 is 9.53 Å². The van der Waals surface area contributed by atoms with Crippen molar-refractivity contribution >= 4 is 6.09 Å². The van der Waals surface area contributed by atoms with Crippen LogP contribution >= 0.6 is 0 Å². The van der Waals surface area contributed by atoms with Gasteiger partial charge in [0.15, 0.2) is 0 Å². The molecule has 1 aliphatic carbocycles. The van der Waals surface area contributed by atoms with Crippen molar-refractivity contribution in [3.8, 4) is 0 Å². The van der Waals surface area contributed by atoms with Crippen LogP contribution < -0.4 is 5.32 Å². The number of allylic oxidation sites excluding steroid dienone is 1. The average molecular weight is 335 g/mol. The molecule has 3 rings (SSSR count). The maximum atomic E-state index is 11.5. The first-order valence-electron chi connectivity index (χ1n) is 8.83. The molecule has 0 aliphatic heterocycles. The molecule has 2 aromatic rings. The average Bonchev–Trinajstić information content (AvgIpc) is 2.78. The number of benzene rings is 2. The number of aryl methyl sites for hydroxylation is 2. The summed E-state index contributed by atoms with van der Waals surface area (Å²) in [4.78, 5) is 11.5. The third kappa shape index (κ3) is 3.32. The van der Waals surface area contributed by atoms with Crippen LogP contribution in [0.15, 0.2) is 61.2 Å². The number of rotatable bonds is 5. The Hall–Kier alpha value is -2.55. The Kier molecular flexibility index (Phi) is 5.22. The topological polar surface area (TPSA) is 38.3 Å². The standard InChI is InChI=1S/C22H25NO2/c1-3-14-22(15-16-25-21(24)23-2)19-10-6-4-8-17(19)12-13-18-9-5-7-11-20(18)22/h3-11H,1,12-16H2,2H3,(H,23,24). The van der Waals surface area contributed by atoms with Gasteiger partial charge in [-0.25, -0.2) is 4.79 Å². The van der Waals surface area contributed by atoms with Gasteiger partial charge in [-0.2, -0.15) is 0 Å². The van der Waals surface area contributed by atoms with Crippen LogP contribution in [-0.4, -0.2) is 19.7 Å². The highest BCUT2D eigenvalue weighted by Gasteiger charge is 2.38. The van der Waals surface area contributed by atoms with E-state index in [1.165, 1.54) is 22.3 Å². The fourth-order valence-electron chi connectivity index (χ4n) is 4.05. The van der Waals surface area contributed by atoms with Gasteiger partial charge in [-0.3, -0.25) is 0 Å². The van der Waals surface area contributed by atoms with Crippen LogP contribution in [0, 0.1) is 0 Å². The SMILES string of the molecule is C=CCC1(CCOC(=O)NC)c2ccccc2CCc2ccccc21. The zero-order chi connectivity index (χ0) is 17.7. The zero-order valence-corrected chi connectivity index (χ0v) is 14.8. The van der Waals surface area contributed by atoms with Crippen LogP contribution in [0.25, 0.3) is 0 Å². The van der Waals surface area contributed by atoms with E-state index in [1.807, 2.05) is 6.08 Å². The molecule has 1 amide bonds. The second-order valence-corrected chi connectivity index (χ2v) is 6.53. The normalized spacial score (nSPS) is 14.6. The zero-order valence-electron chi connectivity index (χ0n) is 14.8. The van der Waals surface area contributed by atoms with Crippen molar-refractivity contribution in [2.45, 2.75) is 31.1 Å². The molecule has 0 saturated carbocycles. The summed E-state index contributed by atoms with van der Waals surface area (Å²) in [6.45, 7) is 4.39. The predicted octanol–water partition coefficient (Wildman–Crippen LogP) is 4.39. The van der Waals surface area contributed by atoms with E-state index in [4.69, 9.17) is 4.74 Å². The summed E-state index contributed by atoms with van der Waals surface area (Å²) in [5.41, 5.74) is 5.21. The number of carbonyl (C=O) groups is 1. The van der Waals surface area contributed by atoms with Crippen LogP contribution in [0.2, 0.25) is 0 Å². The minimum absolute atomic E-state index is 0.209. The Labute approximate surface area is 149 Å². The van der Waals surface area contributed by atoms with Gasteiger partial charge in [0.2, 0.25) is 0 Å². The first-order chi connectivity index (χ1) is 12.2. The summed E-state index contributed by atoms with van der Waals surface area (Å²) < 4.78 is 5.35. The lowest BCUT2D eigenvalue weighted by molar-refractivity contribution is 0.140. The van der Waals surface area contributed by atoms with Crippen LogP contribution in [0.3, 0.4) is 0 Å². The number of carbonyl (C=O) groups excluding carboxylic acids is 1. The van der Waals surface area contributed by atoms with E-state index in [0.717, 1.165) is 25.7 Å². The molecular weight excluding hydrogens is 310 g/mol. The number of fused-ring (bicyclic) bond motifs is 2. The monoisotopic (exact) mass is 335 g/mol. The third-order valence-electron chi connectivity index (χ3n) is 5.19. The first-order valence-corrected chi connectivity index (χ1v) is 8.83. The van der Waals surface area contributed by atoms with E-state index < -0.39 is 0 Å². The molecule has 2 aromatic carbocycles. The molecule has 3 heteroatoms. The molecule has 0 atom stereocenters. The van der Waals surface area contributed by atoms with Crippen molar-refractivity contribution in [1.82, 2.24) is 5.32 Å². The first kappa shape index (κ1) is 17.3. The number of nitrogens with one attached hydrogen (secondary N) is 1. The van der Waals surface area contributed by atoms with Gasteiger partial charge in [0, 0.05) is 12.5 Å². The van der Waals surface area contributed by atoms with E-state index in [-0.39, 0.29) is 11.5 Å². The number of hydrogen-bond donors (Lipinski definition) is 1. The maximum Gasteiger partial charge on any atom is 0.406 e. The third-order valence-corrected chi connectivity index (χ3v) is 5.19. The van der Waals surface area contributed by atoms with Gasteiger partial charge in [0.05, 0.1) is 6.61 Å². The summed E-state index contributed by atoms with van der Waals surface area (Å²) in [5.74, 6) is 0. The summed E-state index contributed by atoms with van der Waals surface area (Å²) in [7, 11) is 1.58. The molecule has 130 valence electrons. The summed E-state index contributed by atoms with van der Waals surface area (Å²) >= 11 is 0. The Morgan fingerprint density at radius 2 is 1.68 bits per heavy atom. The van der Waals surface area contributed by atoms with Crippen molar-refractivity contribution in [3.63, 3.8) is 0 Å². The van der Waals surface area contributed by atoms with Gasteiger partial charge in [0.1, 0.15) is 0 Å². The Morgan fingerprint density at radius 1 is 1.12 bits per heavy atom. The Bertz CT molecular complexity index is 719. The van der Waals surface area contributed by atoms with Gasteiger partial charge in [-0.15, -0.1) is 6.58 Å². The van der Waals surface area contributed by atoms with Gasteiger partial charge in [-0.1, -0.05) is 54.6 Å². The second-order valence-electron chi connectivity index (χ2n) is 6.53. The fourth-order valence-corrected chi connectivity index (χ4v) is 4.05. The quantitative estimate of drug-likeness (QED) is 0.823. The number of hydrogen-bond acceptors (Lipinski definition) is 2. The smallest absolute Gasteiger partial charge is 0.406 e. The molecule has 0 bridgehead atoms. The molecule has 0 radical (unpaired) electrons. The minimum atomic E-state index is -0.385. The molecule has 3 nitrogen and oxygen atoms in total. The van der Waals surface area contributed by atoms with Crippen molar-refractivity contribution in [1.29, 1.82) is 0 Å². The van der Waals surface area contributed by atoms with E-state index in [2.05, 4.69) is 60.4 Å². The molecule has 0 heterocycles. The van der Waals surface area contributed by atoms with Crippen molar-refractivity contribution in [3.05, 3.63) is 83.4 Å². The summed E-state index contributed by atoms with van der Waals surface area (Å²) in [6, 6.07) is 17.3. The van der Waals surface area contributed by atoms with Gasteiger partial charge in [0.25, 0.3) is 0 Å². The van der Waals surface area contributed by atoms with Crippen LogP contribution in [0.1, 0.15) is 35.1 Å². The molecule has 0 aromatic heterocycles. The lowest BCUT2D eigenvalue weighted by Crippen LogP contribution is -2.31. The molecule has 0 fully saturated rings. The van der Waals surface area contributed by atoms with Gasteiger partial charge >= 0.3 is 6.09 Å². The molecule has 0 saturated heterocycles. The molecule has 25 heavy (non-hydrogen) atoms. The largest absolute Gasteiger partial charge is 0.450 e. The summed E-state index contributed by atoms with van der Waals surface area (Å²) in [6.07, 6.45) is 5.21. The van der Waals surface area contributed by atoms with Crippen molar-refractivity contribution in [2.75, 3.05) is 13.7 Å². The molecule has 1 aliphatic rings. The highest BCUT2D eigenvalue weighted by Crippen LogP contribution is 2.44. The second kappa shape index (κ2) is 7.56. The number of amides is 1. The van der Waals surface area contributed by atoms with Crippen LogP contribution in [0.5, 0.6) is 0 Å². The highest BCUT2D eigenvalue weighted by molar-refractivity contribution is 5.66. The molecule has 1 N–H and O–H groups in total. The van der Waals surface area contributed by atoms with E-state index in [9.17, 15) is 4.79 Å². The highest BCUT2D eigenvalue weighted by atomic mass is 16.5. The minimum Gasteiger partial charge on any atom is -0.450 e. The van der Waals surface area contributed by atoms with E-state index in [1.54, 1.807) is 7.05 Å². The van der Waals surface area contributed by atoms with Crippen LogP contribution in [-0.2, 0) is 23.0 Å². The molecular formula is C22H25NO2. The predicted molar refractivity (Wildman–Crippen MR) is 101 cm³/mol. The van der Waals surface area contributed by atoms with E-state index >= 15 is 0 Å². The molecule has 0 unspecified atom stereocenters. The number of ether oxygens (including phenoxy) is 1. The Balaban J connectivity index is 2.10. The molecule has 0 spiro atoms.